The molecule has 0 radical (unpaired) electrons. The van der Waals surface area contributed by atoms with Crippen molar-refractivity contribution in [2.45, 2.75) is 58.4 Å². The predicted molar refractivity (Wildman–Crippen MR) is 125 cm³/mol. The topological polar surface area (TPSA) is 62.2 Å². The zero-order valence-electron chi connectivity index (χ0n) is 20.1. The van der Waals surface area contributed by atoms with E-state index in [1.807, 2.05) is 12.4 Å². The van der Waals surface area contributed by atoms with Gasteiger partial charge in [-0.1, -0.05) is 41.5 Å². The van der Waals surface area contributed by atoms with Crippen molar-refractivity contribution >= 4 is 0 Å². The third-order valence-corrected chi connectivity index (χ3v) is 6.59. The Morgan fingerprint density at radius 2 is 1.39 bits per heavy atom. The van der Waals surface area contributed by atoms with Crippen LogP contribution in [0.2, 0.25) is 0 Å². The highest BCUT2D eigenvalue weighted by molar-refractivity contribution is 5.51. The number of nitrogens with one attached hydrogen (secondary N) is 2. The molecule has 2 aromatic rings. The van der Waals surface area contributed by atoms with Crippen LogP contribution in [0.25, 0.3) is 0 Å². The van der Waals surface area contributed by atoms with E-state index in [2.05, 4.69) is 70.8 Å². The lowest BCUT2D eigenvalue weighted by Crippen LogP contribution is -3.28. The Hall–Kier alpha value is -1.95. The summed E-state index contributed by atoms with van der Waals surface area (Å²) < 4.78 is 0. The van der Waals surface area contributed by atoms with Crippen LogP contribution < -0.4 is 9.80 Å². The number of phenols is 1. The molecule has 1 aromatic heterocycles. The van der Waals surface area contributed by atoms with Gasteiger partial charge >= 0.3 is 0 Å². The Morgan fingerprint density at radius 1 is 0.871 bits per heavy atom. The van der Waals surface area contributed by atoms with Gasteiger partial charge in [-0.15, -0.1) is 0 Å². The maximum Gasteiger partial charge on any atom is 0.139 e. The highest BCUT2D eigenvalue weighted by Crippen LogP contribution is 2.41. The number of nitrogens with zero attached hydrogens (tertiary/aromatic N) is 1. The van der Waals surface area contributed by atoms with Crippen LogP contribution in [0.3, 0.4) is 0 Å². The van der Waals surface area contributed by atoms with Crippen molar-refractivity contribution < 1.29 is 20.0 Å². The largest absolute Gasteiger partial charge is 0.507 e. The predicted octanol–water partition coefficient (Wildman–Crippen LogP) is 1.25. The number of quaternary nitrogens is 2. The summed E-state index contributed by atoms with van der Waals surface area (Å²) in [5.74, 6) is 0.435. The smallest absolute Gasteiger partial charge is 0.139 e. The molecule has 1 saturated heterocycles. The van der Waals surface area contributed by atoms with Crippen molar-refractivity contribution in [1.82, 2.24) is 4.98 Å². The summed E-state index contributed by atoms with van der Waals surface area (Å²) in [7, 11) is 0. The van der Waals surface area contributed by atoms with Crippen LogP contribution in [0.5, 0.6) is 5.75 Å². The quantitative estimate of drug-likeness (QED) is 0.581. The Kier molecular flexibility index (Phi) is 7.09. The summed E-state index contributed by atoms with van der Waals surface area (Å²) >= 11 is 0. The minimum Gasteiger partial charge on any atom is -0.507 e. The van der Waals surface area contributed by atoms with E-state index in [0.717, 1.165) is 43.9 Å². The van der Waals surface area contributed by atoms with Crippen molar-refractivity contribution in [2.24, 2.45) is 0 Å². The summed E-state index contributed by atoms with van der Waals surface area (Å²) in [4.78, 5) is 7.27. The summed E-state index contributed by atoms with van der Waals surface area (Å²) in [6.07, 6.45) is 3.76. The molecule has 170 valence electrons. The molecule has 0 saturated carbocycles. The van der Waals surface area contributed by atoms with Crippen LogP contribution >= 0.6 is 0 Å². The summed E-state index contributed by atoms with van der Waals surface area (Å²) in [5, 5.41) is 20.5. The normalized spacial score (nSPS) is 21.1. The second-order valence-corrected chi connectivity index (χ2v) is 11.1. The number of hydrogen-bond donors (Lipinski definition) is 4. The second kappa shape index (κ2) is 9.27. The van der Waals surface area contributed by atoms with Gasteiger partial charge in [0.05, 0.1) is 6.61 Å². The van der Waals surface area contributed by atoms with Gasteiger partial charge in [-0.2, -0.15) is 0 Å². The molecule has 5 heteroatoms. The fourth-order valence-corrected chi connectivity index (χ4v) is 4.81. The summed E-state index contributed by atoms with van der Waals surface area (Å²) in [6, 6.07) is 8.92. The minimum absolute atomic E-state index is 0.151. The molecule has 1 fully saturated rings. The molecular weight excluding hydrogens is 386 g/mol. The van der Waals surface area contributed by atoms with Crippen LogP contribution in [0.15, 0.2) is 36.7 Å². The first kappa shape index (κ1) is 23.7. The molecule has 0 spiro atoms. The molecule has 4 N–H and O–H groups in total. The third kappa shape index (κ3) is 5.46. The number of piperazine rings is 1. The molecule has 5 nitrogen and oxygen atoms in total. The van der Waals surface area contributed by atoms with E-state index in [-0.39, 0.29) is 23.5 Å². The average Bonchev–Trinajstić information content (AvgIpc) is 2.70. The fourth-order valence-electron chi connectivity index (χ4n) is 4.81. The molecule has 1 atom stereocenters. The summed E-state index contributed by atoms with van der Waals surface area (Å²) in [6.45, 7) is 18.3. The maximum atomic E-state index is 11.2. The molecule has 31 heavy (non-hydrogen) atoms. The number of phenolic OH excluding ortho intramolecular Hbond substituents is 1. The van der Waals surface area contributed by atoms with E-state index in [1.54, 1.807) is 4.90 Å². The van der Waals surface area contributed by atoms with Crippen LogP contribution in [0.1, 0.15) is 69.8 Å². The van der Waals surface area contributed by atoms with Gasteiger partial charge in [-0.3, -0.25) is 4.98 Å². The number of hydrogen-bond acceptors (Lipinski definition) is 3. The SMILES string of the molecule is CC(C)(C)c1cc([C@@H](c2ccncc2)[NH+]2CC[NH+](CCO)CC2)cc(C(C)(C)C)c1O. The van der Waals surface area contributed by atoms with Gasteiger partial charge in [0.2, 0.25) is 0 Å². The average molecular weight is 428 g/mol. The van der Waals surface area contributed by atoms with Crippen LogP contribution in [0, 0.1) is 0 Å². The number of aliphatic hydroxyl groups is 1. The molecule has 3 rings (SSSR count). The van der Waals surface area contributed by atoms with E-state index in [1.165, 1.54) is 16.0 Å². The van der Waals surface area contributed by atoms with E-state index < -0.39 is 0 Å². The number of aliphatic hydroxyl groups excluding tert-OH is 1. The van der Waals surface area contributed by atoms with Crippen LogP contribution in [-0.2, 0) is 10.8 Å². The molecule has 1 aliphatic heterocycles. The Balaban J connectivity index is 2.11. The van der Waals surface area contributed by atoms with E-state index in [0.29, 0.717) is 5.75 Å². The Morgan fingerprint density at radius 3 is 1.84 bits per heavy atom. The van der Waals surface area contributed by atoms with Crippen molar-refractivity contribution in [3.63, 3.8) is 0 Å². The standard InChI is InChI=1S/C26H39N3O2/c1-25(2,3)21-17-20(18-22(24(21)31)26(4,5)6)23(19-7-9-27-10-8-19)29-13-11-28(12-14-29)15-16-30/h7-10,17-18,23,30-31H,11-16H2,1-6H3/p+2/t23-/m1/s1. The zero-order valence-corrected chi connectivity index (χ0v) is 20.1. The Labute approximate surface area is 187 Å². The van der Waals surface area contributed by atoms with Crippen molar-refractivity contribution in [2.75, 3.05) is 39.3 Å². The maximum absolute atomic E-state index is 11.2. The summed E-state index contributed by atoms with van der Waals surface area (Å²) in [5.41, 5.74) is 4.25. The van der Waals surface area contributed by atoms with Gasteiger partial charge in [-0.05, 0) is 35.1 Å². The highest BCUT2D eigenvalue weighted by Gasteiger charge is 2.35. The molecule has 1 aliphatic rings. The first-order valence-electron chi connectivity index (χ1n) is 11.6. The van der Waals surface area contributed by atoms with E-state index in [9.17, 15) is 10.2 Å². The highest BCUT2D eigenvalue weighted by atomic mass is 16.3. The molecule has 2 heterocycles. The van der Waals surface area contributed by atoms with E-state index in [4.69, 9.17) is 0 Å². The molecule has 1 aromatic carbocycles. The number of aromatic hydroxyl groups is 1. The van der Waals surface area contributed by atoms with Gasteiger partial charge in [0.25, 0.3) is 0 Å². The molecular formula is C26H41N3O2+2. The number of benzene rings is 1. The molecule has 0 aliphatic carbocycles. The van der Waals surface area contributed by atoms with Crippen molar-refractivity contribution in [3.8, 4) is 5.75 Å². The number of aromatic nitrogens is 1. The zero-order chi connectivity index (χ0) is 22.8. The lowest BCUT2D eigenvalue weighted by Gasteiger charge is -2.36. The van der Waals surface area contributed by atoms with Crippen molar-refractivity contribution in [3.05, 3.63) is 58.9 Å². The second-order valence-electron chi connectivity index (χ2n) is 11.1. The number of pyridine rings is 1. The first-order valence-corrected chi connectivity index (χ1v) is 11.6. The van der Waals surface area contributed by atoms with Gasteiger partial charge in [0.1, 0.15) is 44.5 Å². The monoisotopic (exact) mass is 427 g/mol. The fraction of sp³-hybridized carbons (Fsp3) is 0.577. The lowest BCUT2D eigenvalue weighted by atomic mass is 9.77. The van der Waals surface area contributed by atoms with Crippen molar-refractivity contribution in [1.29, 1.82) is 0 Å². The first-order chi connectivity index (χ1) is 14.5. The van der Waals surface area contributed by atoms with Crippen LogP contribution in [-0.4, -0.2) is 54.5 Å². The van der Waals surface area contributed by atoms with E-state index >= 15 is 0 Å². The Bertz CT molecular complexity index is 825. The lowest BCUT2D eigenvalue weighted by molar-refractivity contribution is -1.02. The third-order valence-electron chi connectivity index (χ3n) is 6.59. The van der Waals surface area contributed by atoms with Gasteiger partial charge in [-0.25, -0.2) is 0 Å². The minimum atomic E-state index is -0.151. The molecule has 0 bridgehead atoms. The molecule has 0 unspecified atom stereocenters. The van der Waals surface area contributed by atoms with Gasteiger partial charge < -0.3 is 20.0 Å². The van der Waals surface area contributed by atoms with Gasteiger partial charge in [0, 0.05) is 34.6 Å². The molecule has 0 amide bonds. The van der Waals surface area contributed by atoms with Gasteiger partial charge in [0.15, 0.2) is 0 Å². The van der Waals surface area contributed by atoms with Crippen LogP contribution in [0.4, 0.5) is 0 Å². The number of rotatable bonds is 5.